The molecule has 0 saturated carbocycles. The zero-order chi connectivity index (χ0) is 16.2. The number of hydrogen-bond donors (Lipinski definition) is 2. The minimum atomic E-state index is -0.0246. The molecule has 1 aliphatic rings. The Morgan fingerprint density at radius 3 is 2.57 bits per heavy atom. The van der Waals surface area contributed by atoms with Gasteiger partial charge in [0.05, 0.1) is 11.0 Å². The molecule has 1 aromatic carbocycles. The number of amides is 1. The van der Waals surface area contributed by atoms with E-state index in [1.807, 2.05) is 24.3 Å². The van der Waals surface area contributed by atoms with E-state index in [0.29, 0.717) is 19.5 Å². The zero-order valence-electron chi connectivity index (χ0n) is 13.5. The number of imidazole rings is 1. The van der Waals surface area contributed by atoms with E-state index in [4.69, 9.17) is 0 Å². The summed E-state index contributed by atoms with van der Waals surface area (Å²) in [4.78, 5) is 24.7. The van der Waals surface area contributed by atoms with Crippen molar-refractivity contribution in [2.45, 2.75) is 45.3 Å². The van der Waals surface area contributed by atoms with Gasteiger partial charge in [-0.25, -0.2) is 4.79 Å². The second-order valence-electron chi connectivity index (χ2n) is 6.08. The van der Waals surface area contributed by atoms with E-state index in [9.17, 15) is 9.59 Å². The quantitative estimate of drug-likeness (QED) is 0.838. The van der Waals surface area contributed by atoms with Crippen LogP contribution >= 0.6 is 0 Å². The van der Waals surface area contributed by atoms with E-state index in [1.165, 1.54) is 0 Å². The highest BCUT2D eigenvalue weighted by Gasteiger charge is 2.17. The third-order valence-corrected chi connectivity index (χ3v) is 4.36. The predicted octanol–water partition coefficient (Wildman–Crippen LogP) is 1.08. The Bertz CT molecular complexity index is 741. The van der Waals surface area contributed by atoms with Crippen molar-refractivity contribution < 1.29 is 4.79 Å². The van der Waals surface area contributed by atoms with Gasteiger partial charge in [0.15, 0.2) is 0 Å². The minimum absolute atomic E-state index is 0.0120. The van der Waals surface area contributed by atoms with Gasteiger partial charge in [-0.15, -0.1) is 0 Å². The standard InChI is InChI=1S/C17H24N4O2/c1-2-10-20-14-5-3-4-6-15(14)21(17(20)23)11-8-16(22)19-13-7-9-18-12-13/h3-6,13,18H,2,7-12H2,1H3,(H,19,22). The molecule has 1 fully saturated rings. The van der Waals surface area contributed by atoms with Gasteiger partial charge in [0.25, 0.3) is 0 Å². The van der Waals surface area contributed by atoms with Crippen molar-refractivity contribution in [2.24, 2.45) is 0 Å². The van der Waals surface area contributed by atoms with Crippen LogP contribution in [0.5, 0.6) is 0 Å². The molecule has 1 atom stereocenters. The van der Waals surface area contributed by atoms with E-state index >= 15 is 0 Å². The molecular formula is C17H24N4O2. The van der Waals surface area contributed by atoms with Crippen molar-refractivity contribution in [2.75, 3.05) is 13.1 Å². The molecule has 2 aromatic rings. The van der Waals surface area contributed by atoms with E-state index in [1.54, 1.807) is 9.13 Å². The molecule has 23 heavy (non-hydrogen) atoms. The van der Waals surface area contributed by atoms with Crippen LogP contribution in [-0.4, -0.2) is 34.2 Å². The third-order valence-electron chi connectivity index (χ3n) is 4.36. The Morgan fingerprint density at radius 1 is 1.26 bits per heavy atom. The van der Waals surface area contributed by atoms with Crippen LogP contribution in [0.3, 0.4) is 0 Å². The molecule has 1 amide bonds. The molecule has 1 aliphatic heterocycles. The van der Waals surface area contributed by atoms with Crippen molar-refractivity contribution in [3.63, 3.8) is 0 Å². The first kappa shape index (κ1) is 15.8. The molecule has 6 heteroatoms. The van der Waals surface area contributed by atoms with Gasteiger partial charge >= 0.3 is 5.69 Å². The highest BCUT2D eigenvalue weighted by atomic mass is 16.2. The maximum absolute atomic E-state index is 12.6. The number of nitrogens with zero attached hydrogens (tertiary/aromatic N) is 2. The van der Waals surface area contributed by atoms with Crippen molar-refractivity contribution in [1.82, 2.24) is 19.8 Å². The topological polar surface area (TPSA) is 68.1 Å². The van der Waals surface area contributed by atoms with E-state index in [-0.39, 0.29) is 17.6 Å². The fourth-order valence-electron chi connectivity index (χ4n) is 3.22. The second kappa shape index (κ2) is 7.00. The average Bonchev–Trinajstić information content (AvgIpc) is 3.14. The largest absolute Gasteiger partial charge is 0.352 e. The van der Waals surface area contributed by atoms with Crippen molar-refractivity contribution in [1.29, 1.82) is 0 Å². The first-order valence-corrected chi connectivity index (χ1v) is 8.39. The van der Waals surface area contributed by atoms with Crippen LogP contribution in [0.2, 0.25) is 0 Å². The van der Waals surface area contributed by atoms with Gasteiger partial charge in [-0.05, 0) is 31.5 Å². The highest BCUT2D eigenvalue weighted by molar-refractivity contribution is 5.78. The van der Waals surface area contributed by atoms with Crippen LogP contribution in [0, 0.1) is 0 Å². The number of fused-ring (bicyclic) bond motifs is 1. The monoisotopic (exact) mass is 316 g/mol. The summed E-state index contributed by atoms with van der Waals surface area (Å²) in [7, 11) is 0. The number of para-hydroxylation sites is 2. The van der Waals surface area contributed by atoms with Crippen LogP contribution in [0.25, 0.3) is 11.0 Å². The van der Waals surface area contributed by atoms with Gasteiger partial charge in [0, 0.05) is 32.1 Å². The highest BCUT2D eigenvalue weighted by Crippen LogP contribution is 2.13. The van der Waals surface area contributed by atoms with Gasteiger partial charge in [-0.2, -0.15) is 0 Å². The molecule has 3 rings (SSSR count). The molecule has 124 valence electrons. The number of aromatic nitrogens is 2. The Labute approximate surface area is 135 Å². The smallest absolute Gasteiger partial charge is 0.329 e. The Kier molecular flexibility index (Phi) is 4.81. The van der Waals surface area contributed by atoms with E-state index < -0.39 is 0 Å². The van der Waals surface area contributed by atoms with Crippen LogP contribution < -0.4 is 16.3 Å². The number of benzene rings is 1. The van der Waals surface area contributed by atoms with Gasteiger partial charge in [-0.1, -0.05) is 19.1 Å². The maximum Gasteiger partial charge on any atom is 0.329 e. The number of hydrogen-bond acceptors (Lipinski definition) is 3. The SMILES string of the molecule is CCCn1c(=O)n(CCC(=O)NC2CCNC2)c2ccccc21. The first-order chi connectivity index (χ1) is 11.2. The normalized spacial score (nSPS) is 17.7. The lowest BCUT2D eigenvalue weighted by atomic mass is 10.2. The average molecular weight is 316 g/mol. The van der Waals surface area contributed by atoms with Crippen LogP contribution in [0.4, 0.5) is 0 Å². The first-order valence-electron chi connectivity index (χ1n) is 8.39. The van der Waals surface area contributed by atoms with Crippen LogP contribution in [-0.2, 0) is 17.9 Å². The molecule has 1 unspecified atom stereocenters. The molecule has 1 aromatic heterocycles. The van der Waals surface area contributed by atoms with Crippen LogP contribution in [0.1, 0.15) is 26.2 Å². The lowest BCUT2D eigenvalue weighted by molar-refractivity contribution is -0.121. The summed E-state index contributed by atoms with van der Waals surface area (Å²) >= 11 is 0. The second-order valence-corrected chi connectivity index (χ2v) is 6.08. The molecule has 2 heterocycles. The van der Waals surface area contributed by atoms with Gasteiger partial charge in [0.1, 0.15) is 0 Å². The number of aryl methyl sites for hydroxylation is 2. The summed E-state index contributed by atoms with van der Waals surface area (Å²) in [5.74, 6) is 0.0120. The number of carbonyl (C=O) groups is 1. The Morgan fingerprint density at radius 2 is 1.96 bits per heavy atom. The van der Waals surface area contributed by atoms with Crippen molar-refractivity contribution in [3.8, 4) is 0 Å². The summed E-state index contributed by atoms with van der Waals surface area (Å²) in [5.41, 5.74) is 1.82. The Hall–Kier alpha value is -2.08. The lowest BCUT2D eigenvalue weighted by Crippen LogP contribution is -2.37. The molecule has 0 bridgehead atoms. The summed E-state index contributed by atoms with van der Waals surface area (Å²) in [6.45, 7) is 4.96. The summed E-state index contributed by atoms with van der Waals surface area (Å²) in [6.07, 6.45) is 2.21. The molecule has 0 aliphatic carbocycles. The lowest BCUT2D eigenvalue weighted by Gasteiger charge is -2.11. The van der Waals surface area contributed by atoms with Gasteiger partial charge < -0.3 is 10.6 Å². The third kappa shape index (κ3) is 3.32. The number of nitrogens with one attached hydrogen (secondary N) is 2. The maximum atomic E-state index is 12.6. The summed E-state index contributed by atoms with van der Waals surface area (Å²) < 4.78 is 3.52. The van der Waals surface area contributed by atoms with E-state index in [0.717, 1.165) is 37.0 Å². The molecular weight excluding hydrogens is 292 g/mol. The minimum Gasteiger partial charge on any atom is -0.352 e. The fourth-order valence-corrected chi connectivity index (χ4v) is 3.22. The number of carbonyl (C=O) groups excluding carboxylic acids is 1. The molecule has 2 N–H and O–H groups in total. The van der Waals surface area contributed by atoms with Gasteiger partial charge in [0.2, 0.25) is 5.91 Å². The molecule has 6 nitrogen and oxygen atoms in total. The Balaban J connectivity index is 1.75. The molecule has 1 saturated heterocycles. The summed E-state index contributed by atoms with van der Waals surface area (Å²) in [6, 6.07) is 8.01. The predicted molar refractivity (Wildman–Crippen MR) is 90.5 cm³/mol. The van der Waals surface area contributed by atoms with Crippen molar-refractivity contribution >= 4 is 16.9 Å². The van der Waals surface area contributed by atoms with Gasteiger partial charge in [-0.3, -0.25) is 13.9 Å². The van der Waals surface area contributed by atoms with E-state index in [2.05, 4.69) is 17.6 Å². The molecule has 0 spiro atoms. The number of rotatable bonds is 6. The van der Waals surface area contributed by atoms with Crippen LogP contribution in [0.15, 0.2) is 29.1 Å². The fraction of sp³-hybridized carbons (Fsp3) is 0.529. The van der Waals surface area contributed by atoms with Crippen molar-refractivity contribution in [3.05, 3.63) is 34.7 Å². The molecule has 0 radical (unpaired) electrons. The zero-order valence-corrected chi connectivity index (χ0v) is 13.5. The summed E-state index contributed by atoms with van der Waals surface area (Å²) in [5, 5.41) is 6.25.